The molecule has 2 aromatic rings. The van der Waals surface area contributed by atoms with E-state index in [2.05, 4.69) is 6.07 Å². The van der Waals surface area contributed by atoms with Crippen molar-refractivity contribution in [2.75, 3.05) is 13.1 Å². The van der Waals surface area contributed by atoms with Gasteiger partial charge in [-0.3, -0.25) is 4.79 Å². The van der Waals surface area contributed by atoms with E-state index in [0.717, 1.165) is 24.8 Å². The van der Waals surface area contributed by atoms with E-state index in [1.165, 1.54) is 0 Å². The zero-order valence-corrected chi connectivity index (χ0v) is 17.0. The second kappa shape index (κ2) is 9.68. The van der Waals surface area contributed by atoms with Gasteiger partial charge < -0.3 is 4.74 Å². The van der Waals surface area contributed by atoms with Crippen molar-refractivity contribution in [1.82, 2.24) is 4.31 Å². The Morgan fingerprint density at radius 3 is 2.41 bits per heavy atom. The molecule has 3 rings (SSSR count). The van der Waals surface area contributed by atoms with Crippen LogP contribution in [0.5, 0.6) is 0 Å². The van der Waals surface area contributed by atoms with Crippen LogP contribution in [0.25, 0.3) is 0 Å². The molecule has 7 heteroatoms. The molecule has 6 nitrogen and oxygen atoms in total. The maximum absolute atomic E-state index is 12.7. The molecule has 29 heavy (non-hydrogen) atoms. The molecular formula is C22H24N2O4S. The van der Waals surface area contributed by atoms with Gasteiger partial charge in [-0.25, -0.2) is 8.42 Å². The predicted octanol–water partition coefficient (Wildman–Crippen LogP) is 3.41. The monoisotopic (exact) mass is 412 g/mol. The maximum atomic E-state index is 12.7. The van der Waals surface area contributed by atoms with Gasteiger partial charge in [-0.05, 0) is 43.0 Å². The van der Waals surface area contributed by atoms with Crippen LogP contribution in [0.3, 0.4) is 0 Å². The Labute approximate surface area is 171 Å². The molecule has 1 fully saturated rings. The molecule has 0 N–H and O–H groups in total. The summed E-state index contributed by atoms with van der Waals surface area (Å²) in [5, 5.41) is 9.06. The average molecular weight is 413 g/mol. The number of nitriles is 1. The summed E-state index contributed by atoms with van der Waals surface area (Å²) in [6, 6.07) is 15.8. The third-order valence-electron chi connectivity index (χ3n) is 5.02. The number of hydrogen-bond acceptors (Lipinski definition) is 5. The number of rotatable bonds is 7. The molecule has 0 spiro atoms. The number of ether oxygens (including phenoxy) is 1. The van der Waals surface area contributed by atoms with Crippen molar-refractivity contribution >= 4 is 16.0 Å². The Bertz CT molecular complexity index is 988. The van der Waals surface area contributed by atoms with E-state index in [-0.39, 0.29) is 19.0 Å². The Morgan fingerprint density at radius 1 is 1.03 bits per heavy atom. The number of sulfonamides is 1. The van der Waals surface area contributed by atoms with Crippen LogP contribution in [-0.4, -0.2) is 31.8 Å². The lowest BCUT2D eigenvalue weighted by atomic mass is 10.1. The van der Waals surface area contributed by atoms with E-state index >= 15 is 0 Å². The summed E-state index contributed by atoms with van der Waals surface area (Å²) in [6.07, 6.45) is 3.52. The summed E-state index contributed by atoms with van der Waals surface area (Å²) in [7, 11) is -3.44. The van der Waals surface area contributed by atoms with Gasteiger partial charge >= 0.3 is 5.97 Å². The summed E-state index contributed by atoms with van der Waals surface area (Å²) in [5.74, 6) is -0.359. The lowest BCUT2D eigenvalue weighted by Gasteiger charge is -2.25. The van der Waals surface area contributed by atoms with Crippen molar-refractivity contribution < 1.29 is 17.9 Å². The number of piperidine rings is 1. The number of esters is 1. The van der Waals surface area contributed by atoms with Crippen LogP contribution in [0.1, 0.15) is 42.4 Å². The van der Waals surface area contributed by atoms with E-state index in [1.54, 1.807) is 52.8 Å². The minimum Gasteiger partial charge on any atom is -0.461 e. The summed E-state index contributed by atoms with van der Waals surface area (Å²) in [6.45, 7) is 1.21. The zero-order valence-electron chi connectivity index (χ0n) is 16.2. The van der Waals surface area contributed by atoms with Crippen LogP contribution < -0.4 is 0 Å². The molecule has 0 aliphatic carbocycles. The van der Waals surface area contributed by atoms with Crippen molar-refractivity contribution in [1.29, 1.82) is 5.26 Å². The van der Waals surface area contributed by atoms with Crippen molar-refractivity contribution in [3.05, 3.63) is 65.2 Å². The van der Waals surface area contributed by atoms with Gasteiger partial charge in [0.2, 0.25) is 10.0 Å². The number of benzene rings is 2. The fourth-order valence-electron chi connectivity index (χ4n) is 3.31. The number of carbonyl (C=O) groups excluding carboxylic acids is 1. The molecule has 2 aromatic carbocycles. The summed E-state index contributed by atoms with van der Waals surface area (Å²) in [5.41, 5.74) is 2.04. The van der Waals surface area contributed by atoms with Crippen molar-refractivity contribution in [3.8, 4) is 6.07 Å². The molecule has 1 heterocycles. The van der Waals surface area contributed by atoms with E-state index in [0.29, 0.717) is 35.5 Å². The first-order valence-corrected chi connectivity index (χ1v) is 11.2. The quantitative estimate of drug-likeness (QED) is 0.651. The highest BCUT2D eigenvalue weighted by Gasteiger charge is 2.25. The maximum Gasteiger partial charge on any atom is 0.306 e. The van der Waals surface area contributed by atoms with E-state index in [4.69, 9.17) is 10.00 Å². The topological polar surface area (TPSA) is 87.5 Å². The fourth-order valence-corrected chi connectivity index (χ4v) is 4.83. The zero-order chi connectivity index (χ0) is 20.7. The largest absolute Gasteiger partial charge is 0.461 e. The van der Waals surface area contributed by atoms with Crippen LogP contribution in [0.4, 0.5) is 0 Å². The van der Waals surface area contributed by atoms with Crippen molar-refractivity contribution in [3.63, 3.8) is 0 Å². The smallest absolute Gasteiger partial charge is 0.306 e. The van der Waals surface area contributed by atoms with Crippen molar-refractivity contribution in [2.24, 2.45) is 0 Å². The van der Waals surface area contributed by atoms with Crippen LogP contribution in [0, 0.1) is 11.3 Å². The van der Waals surface area contributed by atoms with Gasteiger partial charge in [-0.2, -0.15) is 9.57 Å². The van der Waals surface area contributed by atoms with Crippen molar-refractivity contribution in [2.45, 2.75) is 43.6 Å². The van der Waals surface area contributed by atoms with E-state index < -0.39 is 10.0 Å². The van der Waals surface area contributed by atoms with Crippen LogP contribution in [0.15, 0.2) is 53.4 Å². The van der Waals surface area contributed by atoms with Gasteiger partial charge in [0.15, 0.2) is 0 Å². The predicted molar refractivity (Wildman–Crippen MR) is 108 cm³/mol. The molecule has 152 valence electrons. The third-order valence-corrected chi connectivity index (χ3v) is 6.93. The van der Waals surface area contributed by atoms with Gasteiger partial charge in [0.25, 0.3) is 0 Å². The minimum absolute atomic E-state index is 0.0651. The molecule has 1 saturated heterocycles. The molecular weight excluding hydrogens is 388 g/mol. The fraction of sp³-hybridized carbons (Fsp3) is 0.364. The number of hydrogen-bond donors (Lipinski definition) is 0. The van der Waals surface area contributed by atoms with Gasteiger partial charge in [-0.15, -0.1) is 0 Å². The Morgan fingerprint density at radius 2 is 1.72 bits per heavy atom. The number of aryl methyl sites for hydroxylation is 1. The molecule has 0 unspecified atom stereocenters. The van der Waals surface area contributed by atoms with Crippen LogP contribution in [-0.2, 0) is 32.6 Å². The highest BCUT2D eigenvalue weighted by atomic mass is 32.2. The minimum atomic E-state index is -3.44. The molecule has 0 radical (unpaired) electrons. The van der Waals surface area contributed by atoms with Gasteiger partial charge in [0.05, 0.1) is 16.5 Å². The highest BCUT2D eigenvalue weighted by molar-refractivity contribution is 7.89. The van der Waals surface area contributed by atoms with Crippen LogP contribution in [0.2, 0.25) is 0 Å². The first-order chi connectivity index (χ1) is 14.0. The SMILES string of the molecule is N#Cc1ccccc1COC(=O)CCc1ccc(S(=O)(=O)N2CCCCC2)cc1. The lowest BCUT2D eigenvalue weighted by molar-refractivity contribution is -0.144. The first kappa shape index (κ1) is 21.0. The normalized spacial score (nSPS) is 14.9. The second-order valence-electron chi connectivity index (χ2n) is 7.04. The van der Waals surface area contributed by atoms with Crippen LogP contribution >= 0.6 is 0 Å². The molecule has 0 atom stereocenters. The molecule has 0 saturated carbocycles. The summed E-state index contributed by atoms with van der Waals surface area (Å²) >= 11 is 0. The van der Waals surface area contributed by atoms with Gasteiger partial charge in [0.1, 0.15) is 6.61 Å². The van der Waals surface area contributed by atoms with Gasteiger partial charge in [-0.1, -0.05) is 36.8 Å². The lowest BCUT2D eigenvalue weighted by Crippen LogP contribution is -2.35. The number of carbonyl (C=O) groups is 1. The highest BCUT2D eigenvalue weighted by Crippen LogP contribution is 2.21. The average Bonchev–Trinajstić information content (AvgIpc) is 2.77. The third kappa shape index (κ3) is 5.43. The standard InChI is InChI=1S/C22H24N2O4S/c23-16-19-6-2-3-7-20(19)17-28-22(25)13-10-18-8-11-21(12-9-18)29(26,27)24-14-4-1-5-15-24/h2-3,6-9,11-12H,1,4-5,10,13-15,17H2. The Balaban J connectivity index is 1.52. The molecule has 0 amide bonds. The first-order valence-electron chi connectivity index (χ1n) is 9.73. The summed E-state index contributed by atoms with van der Waals surface area (Å²) < 4.78 is 32.1. The molecule has 0 aromatic heterocycles. The number of nitrogens with zero attached hydrogens (tertiary/aromatic N) is 2. The molecule has 0 bridgehead atoms. The Hall–Kier alpha value is -2.69. The molecule has 1 aliphatic heterocycles. The van der Waals surface area contributed by atoms with E-state index in [1.807, 2.05) is 0 Å². The summed E-state index contributed by atoms with van der Waals surface area (Å²) in [4.78, 5) is 12.3. The Kier molecular flexibility index (Phi) is 7.02. The van der Waals surface area contributed by atoms with E-state index in [9.17, 15) is 13.2 Å². The van der Waals surface area contributed by atoms with Gasteiger partial charge in [0, 0.05) is 25.1 Å². The second-order valence-corrected chi connectivity index (χ2v) is 8.98. The molecule has 1 aliphatic rings.